The minimum absolute atomic E-state index is 0.116. The SMILES string of the molecule is CCCCCCCCCCCCCCCCCC[N+](C)(C)CC(=O)C1CCCCCN1. The number of Topliss-reactive ketones (excluding diaryl/α,β-unsaturated/α-hetero) is 1. The number of carbonyl (C=O) groups excluding carboxylic acids is 1. The van der Waals surface area contributed by atoms with Gasteiger partial charge >= 0.3 is 0 Å². The van der Waals surface area contributed by atoms with Crippen LogP contribution in [0.15, 0.2) is 0 Å². The summed E-state index contributed by atoms with van der Waals surface area (Å²) in [7, 11) is 4.47. The highest BCUT2D eigenvalue weighted by atomic mass is 16.1. The van der Waals surface area contributed by atoms with Crippen molar-refractivity contribution in [2.24, 2.45) is 0 Å². The number of unbranched alkanes of at least 4 members (excludes halogenated alkanes) is 15. The molecule has 1 rings (SSSR count). The second-order valence-corrected chi connectivity index (χ2v) is 10.9. The van der Waals surface area contributed by atoms with Crippen molar-refractivity contribution in [1.29, 1.82) is 0 Å². The van der Waals surface area contributed by atoms with Crippen LogP contribution in [-0.2, 0) is 4.79 Å². The van der Waals surface area contributed by atoms with Crippen molar-refractivity contribution < 1.29 is 9.28 Å². The molecular formula is C28H57N2O+. The highest BCUT2D eigenvalue weighted by Gasteiger charge is 2.26. The van der Waals surface area contributed by atoms with Gasteiger partial charge < -0.3 is 9.80 Å². The summed E-state index contributed by atoms with van der Waals surface area (Å²) < 4.78 is 0.857. The van der Waals surface area contributed by atoms with Gasteiger partial charge in [-0.15, -0.1) is 0 Å². The van der Waals surface area contributed by atoms with Crippen LogP contribution in [-0.4, -0.2) is 50.0 Å². The molecule has 0 saturated carbocycles. The monoisotopic (exact) mass is 437 g/mol. The minimum atomic E-state index is 0.116. The Kier molecular flexibility index (Phi) is 17.6. The summed E-state index contributed by atoms with van der Waals surface area (Å²) in [6, 6.07) is 0.116. The lowest BCUT2D eigenvalue weighted by molar-refractivity contribution is -0.882. The van der Waals surface area contributed by atoms with Gasteiger partial charge in [-0.05, 0) is 32.2 Å². The molecule has 3 nitrogen and oxygen atoms in total. The number of nitrogens with zero attached hydrogens (tertiary/aromatic N) is 1. The standard InChI is InChI=1S/C28H57N2O/c1-4-5-6-7-8-9-10-11-12-13-14-15-16-17-18-22-25-30(2,3)26-28(31)27-23-20-19-21-24-29-27/h27,29H,4-26H2,1-3H3/q+1. The number of rotatable bonds is 20. The average Bonchev–Trinajstić information content (AvgIpc) is 3.03. The maximum atomic E-state index is 12.7. The van der Waals surface area contributed by atoms with E-state index in [-0.39, 0.29) is 6.04 Å². The molecule has 0 radical (unpaired) electrons. The van der Waals surface area contributed by atoms with E-state index in [1.165, 1.54) is 122 Å². The van der Waals surface area contributed by atoms with Gasteiger partial charge in [0.25, 0.3) is 0 Å². The van der Waals surface area contributed by atoms with Crippen LogP contribution in [0.3, 0.4) is 0 Å². The number of quaternary nitrogens is 1. The third-order valence-electron chi connectivity index (χ3n) is 7.15. The second kappa shape index (κ2) is 19.1. The smallest absolute Gasteiger partial charge is 0.203 e. The molecule has 0 aromatic rings. The molecule has 1 fully saturated rings. The highest BCUT2D eigenvalue weighted by Crippen LogP contribution is 2.15. The molecule has 3 heteroatoms. The fraction of sp³-hybridized carbons (Fsp3) is 0.964. The van der Waals surface area contributed by atoms with E-state index in [1.54, 1.807) is 0 Å². The lowest BCUT2D eigenvalue weighted by atomic mass is 10.0. The first kappa shape index (κ1) is 28.6. The topological polar surface area (TPSA) is 29.1 Å². The predicted molar refractivity (Wildman–Crippen MR) is 137 cm³/mol. The van der Waals surface area contributed by atoms with Crippen LogP contribution in [0.5, 0.6) is 0 Å². The van der Waals surface area contributed by atoms with Crippen molar-refractivity contribution in [1.82, 2.24) is 5.32 Å². The maximum absolute atomic E-state index is 12.7. The van der Waals surface area contributed by atoms with E-state index >= 15 is 0 Å². The Morgan fingerprint density at radius 3 is 1.71 bits per heavy atom. The normalized spacial score (nSPS) is 17.6. The number of hydrogen-bond donors (Lipinski definition) is 1. The van der Waals surface area contributed by atoms with E-state index in [2.05, 4.69) is 26.3 Å². The molecule has 1 unspecified atom stereocenters. The van der Waals surface area contributed by atoms with E-state index in [9.17, 15) is 4.79 Å². The molecule has 1 heterocycles. The van der Waals surface area contributed by atoms with E-state index in [0.29, 0.717) is 12.3 Å². The fourth-order valence-corrected chi connectivity index (χ4v) is 5.00. The summed E-state index contributed by atoms with van der Waals surface area (Å²) in [5.41, 5.74) is 0. The van der Waals surface area contributed by atoms with Crippen LogP contribution >= 0.6 is 0 Å². The van der Waals surface area contributed by atoms with Crippen molar-refractivity contribution in [2.75, 3.05) is 33.7 Å². The average molecular weight is 438 g/mol. The first-order chi connectivity index (χ1) is 15.0. The lowest BCUT2D eigenvalue weighted by Crippen LogP contribution is -2.50. The van der Waals surface area contributed by atoms with Crippen molar-refractivity contribution in [2.45, 2.75) is 141 Å². The quantitative estimate of drug-likeness (QED) is 0.158. The van der Waals surface area contributed by atoms with Gasteiger partial charge in [0.05, 0.1) is 26.7 Å². The minimum Gasteiger partial charge on any atom is -0.322 e. The summed E-state index contributed by atoms with van der Waals surface area (Å²) in [5, 5.41) is 3.47. The van der Waals surface area contributed by atoms with Crippen LogP contribution in [0.1, 0.15) is 135 Å². The first-order valence-corrected chi connectivity index (χ1v) is 14.1. The summed E-state index contributed by atoms with van der Waals surface area (Å²) in [6.07, 6.45) is 27.4. The highest BCUT2D eigenvalue weighted by molar-refractivity contribution is 5.85. The lowest BCUT2D eigenvalue weighted by Gasteiger charge is -2.30. The fourth-order valence-electron chi connectivity index (χ4n) is 5.00. The van der Waals surface area contributed by atoms with Gasteiger partial charge in [0, 0.05) is 0 Å². The molecule has 1 aliphatic heterocycles. The van der Waals surface area contributed by atoms with Crippen LogP contribution in [0.4, 0.5) is 0 Å². The first-order valence-electron chi connectivity index (χ1n) is 14.1. The summed E-state index contributed by atoms with van der Waals surface area (Å²) >= 11 is 0. The molecule has 1 atom stereocenters. The molecule has 0 bridgehead atoms. The molecule has 0 spiro atoms. The molecule has 0 aromatic carbocycles. The van der Waals surface area contributed by atoms with Gasteiger partial charge in [-0.1, -0.05) is 110 Å². The molecule has 0 amide bonds. The van der Waals surface area contributed by atoms with Crippen molar-refractivity contribution in [3.8, 4) is 0 Å². The van der Waals surface area contributed by atoms with Gasteiger partial charge in [-0.2, -0.15) is 0 Å². The van der Waals surface area contributed by atoms with Gasteiger partial charge in [-0.3, -0.25) is 4.79 Å². The summed E-state index contributed by atoms with van der Waals surface area (Å²) in [5.74, 6) is 0.434. The molecule has 184 valence electrons. The maximum Gasteiger partial charge on any atom is 0.203 e. The molecule has 1 saturated heterocycles. The van der Waals surface area contributed by atoms with E-state index in [0.717, 1.165) is 24.0 Å². The molecule has 0 aromatic heterocycles. The van der Waals surface area contributed by atoms with Crippen LogP contribution < -0.4 is 5.32 Å². The Hall–Kier alpha value is -0.410. The van der Waals surface area contributed by atoms with E-state index in [4.69, 9.17) is 0 Å². The number of likely N-dealkylation sites (N-methyl/N-ethyl adjacent to an activating group) is 1. The van der Waals surface area contributed by atoms with E-state index < -0.39 is 0 Å². The third-order valence-corrected chi connectivity index (χ3v) is 7.15. The van der Waals surface area contributed by atoms with Gasteiger partial charge in [-0.25, -0.2) is 0 Å². The molecular weight excluding hydrogens is 380 g/mol. The van der Waals surface area contributed by atoms with Gasteiger partial charge in [0.15, 0.2) is 0 Å². The zero-order chi connectivity index (χ0) is 22.6. The second-order valence-electron chi connectivity index (χ2n) is 10.9. The summed E-state index contributed by atoms with van der Waals surface area (Å²) in [4.78, 5) is 12.7. The molecule has 1 aliphatic rings. The molecule has 1 N–H and O–H groups in total. The zero-order valence-corrected chi connectivity index (χ0v) is 21.7. The Balaban J connectivity index is 1.89. The van der Waals surface area contributed by atoms with Gasteiger partial charge in [0.2, 0.25) is 5.78 Å². The summed E-state index contributed by atoms with van der Waals surface area (Å²) in [6.45, 7) is 5.14. The number of nitrogens with one attached hydrogen (secondary N) is 1. The Bertz CT molecular complexity index is 413. The zero-order valence-electron chi connectivity index (χ0n) is 21.7. The number of carbonyl (C=O) groups is 1. The molecule has 31 heavy (non-hydrogen) atoms. The van der Waals surface area contributed by atoms with Crippen molar-refractivity contribution >= 4 is 5.78 Å². The number of ketones is 1. The van der Waals surface area contributed by atoms with Crippen LogP contribution in [0, 0.1) is 0 Å². The van der Waals surface area contributed by atoms with Crippen molar-refractivity contribution in [3.05, 3.63) is 0 Å². The largest absolute Gasteiger partial charge is 0.322 e. The Morgan fingerprint density at radius 2 is 1.19 bits per heavy atom. The van der Waals surface area contributed by atoms with Crippen LogP contribution in [0.2, 0.25) is 0 Å². The third kappa shape index (κ3) is 16.8. The molecule has 0 aliphatic carbocycles. The predicted octanol–water partition coefficient (Wildman–Crippen LogP) is 7.43. The van der Waals surface area contributed by atoms with Crippen LogP contribution in [0.25, 0.3) is 0 Å². The van der Waals surface area contributed by atoms with Crippen molar-refractivity contribution in [3.63, 3.8) is 0 Å². The Morgan fingerprint density at radius 1 is 0.710 bits per heavy atom. The Labute approximate surface area is 195 Å². The van der Waals surface area contributed by atoms with E-state index in [1.807, 2.05) is 0 Å². The number of hydrogen-bond acceptors (Lipinski definition) is 2. The van der Waals surface area contributed by atoms with Gasteiger partial charge in [0.1, 0.15) is 6.54 Å².